The van der Waals surface area contributed by atoms with Gasteiger partial charge >= 0.3 is 6.09 Å². The highest BCUT2D eigenvalue weighted by molar-refractivity contribution is 7.89. The Labute approximate surface area is 252 Å². The van der Waals surface area contributed by atoms with Crippen LogP contribution in [-0.2, 0) is 26.0 Å². The number of sulfonamides is 1. The van der Waals surface area contributed by atoms with E-state index in [1.54, 1.807) is 48.5 Å². The van der Waals surface area contributed by atoms with Crippen molar-refractivity contribution in [1.82, 2.24) is 9.62 Å². The first kappa shape index (κ1) is 31.5. The zero-order valence-electron chi connectivity index (χ0n) is 23.8. The number of nitrogens with zero attached hydrogens (tertiary/aromatic N) is 2. The number of rotatable bonds is 12. The molecule has 0 aliphatic carbocycles. The van der Waals surface area contributed by atoms with E-state index in [4.69, 9.17) is 16.3 Å². The highest BCUT2D eigenvalue weighted by Crippen LogP contribution is 2.29. The molecule has 0 bridgehead atoms. The average molecular weight is 614 g/mol. The lowest BCUT2D eigenvalue weighted by Crippen LogP contribution is -2.53. The van der Waals surface area contributed by atoms with E-state index in [1.165, 1.54) is 9.21 Å². The van der Waals surface area contributed by atoms with Crippen molar-refractivity contribution >= 4 is 39.3 Å². The molecule has 1 aliphatic rings. The first-order valence-corrected chi connectivity index (χ1v) is 15.6. The lowest BCUT2D eigenvalue weighted by molar-refractivity contribution is -0.129. The van der Waals surface area contributed by atoms with E-state index in [9.17, 15) is 23.1 Å². The molecule has 0 radical (unpaired) electrons. The Morgan fingerprint density at radius 1 is 1.05 bits per heavy atom. The number of carbonyl (C=O) groups excluding carboxylic acids is 2. The van der Waals surface area contributed by atoms with E-state index >= 15 is 0 Å². The van der Waals surface area contributed by atoms with Gasteiger partial charge in [0.15, 0.2) is 6.10 Å². The van der Waals surface area contributed by atoms with Crippen LogP contribution < -0.4 is 10.2 Å². The van der Waals surface area contributed by atoms with Gasteiger partial charge in [-0.2, -0.15) is 4.31 Å². The van der Waals surface area contributed by atoms with Gasteiger partial charge < -0.3 is 15.2 Å². The number of carbonyl (C=O) groups is 2. The van der Waals surface area contributed by atoms with Crippen LogP contribution in [0, 0.1) is 12.8 Å². The Balaban J connectivity index is 1.55. The van der Waals surface area contributed by atoms with Crippen LogP contribution in [0.4, 0.5) is 10.5 Å². The molecule has 11 heteroatoms. The Morgan fingerprint density at radius 2 is 1.69 bits per heavy atom. The smallest absolute Gasteiger partial charge is 0.415 e. The molecule has 0 aromatic heterocycles. The number of hydrogen-bond donors (Lipinski definition) is 2. The maximum Gasteiger partial charge on any atom is 0.415 e. The van der Waals surface area contributed by atoms with Gasteiger partial charge in [0, 0.05) is 13.1 Å². The number of anilines is 1. The number of aryl methyl sites for hydroxylation is 1. The Hall–Kier alpha value is -3.44. The minimum absolute atomic E-state index is 0.0201. The molecule has 224 valence electrons. The normalized spacial score (nSPS) is 16.9. The molecule has 3 atom stereocenters. The summed E-state index contributed by atoms with van der Waals surface area (Å²) in [5.74, 6) is -0.622. The predicted molar refractivity (Wildman–Crippen MR) is 162 cm³/mol. The molecular weight excluding hydrogens is 578 g/mol. The van der Waals surface area contributed by atoms with E-state index in [2.05, 4.69) is 5.32 Å². The Kier molecular flexibility index (Phi) is 10.3. The van der Waals surface area contributed by atoms with Crippen molar-refractivity contribution in [2.24, 2.45) is 5.92 Å². The number of nitrogens with one attached hydrogen (secondary N) is 1. The van der Waals surface area contributed by atoms with Crippen molar-refractivity contribution in [3.05, 3.63) is 95.0 Å². The van der Waals surface area contributed by atoms with Crippen LogP contribution in [-0.4, -0.2) is 67.7 Å². The second-order valence-electron chi connectivity index (χ2n) is 10.8. The second-order valence-corrected chi connectivity index (χ2v) is 13.2. The van der Waals surface area contributed by atoms with Gasteiger partial charge in [0.1, 0.15) is 0 Å². The zero-order chi connectivity index (χ0) is 30.4. The van der Waals surface area contributed by atoms with Gasteiger partial charge in [-0.15, -0.1) is 0 Å². The zero-order valence-corrected chi connectivity index (χ0v) is 25.4. The number of para-hydroxylation sites is 1. The molecule has 3 aromatic rings. The number of benzene rings is 3. The largest absolute Gasteiger partial charge is 0.434 e. The third kappa shape index (κ3) is 7.69. The van der Waals surface area contributed by atoms with Crippen molar-refractivity contribution in [1.29, 1.82) is 0 Å². The molecule has 9 nitrogen and oxygen atoms in total. The summed E-state index contributed by atoms with van der Waals surface area (Å²) in [6.07, 6.45) is -2.91. The summed E-state index contributed by atoms with van der Waals surface area (Å²) in [5, 5.41) is 14.6. The average Bonchev–Trinajstić information content (AvgIpc) is 3.34. The summed E-state index contributed by atoms with van der Waals surface area (Å²) < 4.78 is 33.8. The quantitative estimate of drug-likeness (QED) is 0.313. The number of aliphatic hydroxyl groups is 1. The van der Waals surface area contributed by atoms with Crippen molar-refractivity contribution in [3.63, 3.8) is 0 Å². The summed E-state index contributed by atoms with van der Waals surface area (Å²) >= 11 is 6.25. The molecule has 42 heavy (non-hydrogen) atoms. The minimum atomic E-state index is -3.94. The van der Waals surface area contributed by atoms with E-state index in [0.29, 0.717) is 10.7 Å². The van der Waals surface area contributed by atoms with Crippen LogP contribution in [0.3, 0.4) is 0 Å². The monoisotopic (exact) mass is 613 g/mol. The van der Waals surface area contributed by atoms with E-state index < -0.39 is 40.3 Å². The fourth-order valence-corrected chi connectivity index (χ4v) is 6.63. The maximum absolute atomic E-state index is 13.6. The van der Waals surface area contributed by atoms with Crippen LogP contribution in [0.15, 0.2) is 83.8 Å². The van der Waals surface area contributed by atoms with Gasteiger partial charge in [0.05, 0.1) is 34.3 Å². The van der Waals surface area contributed by atoms with Crippen LogP contribution >= 0.6 is 11.6 Å². The number of amides is 2. The molecule has 1 fully saturated rings. The fourth-order valence-electron chi connectivity index (χ4n) is 4.77. The Morgan fingerprint density at radius 3 is 2.33 bits per heavy atom. The van der Waals surface area contributed by atoms with Crippen LogP contribution in [0.25, 0.3) is 0 Å². The fraction of sp³-hybridized carbons (Fsp3) is 0.355. The van der Waals surface area contributed by atoms with Crippen molar-refractivity contribution in [2.45, 2.75) is 50.3 Å². The van der Waals surface area contributed by atoms with Crippen molar-refractivity contribution < 1.29 is 27.9 Å². The van der Waals surface area contributed by atoms with Crippen LogP contribution in [0.5, 0.6) is 0 Å². The molecule has 1 aliphatic heterocycles. The molecule has 3 aromatic carbocycles. The first-order chi connectivity index (χ1) is 20.0. The third-order valence-electron chi connectivity index (χ3n) is 6.96. The van der Waals surface area contributed by atoms with Gasteiger partial charge in [0.25, 0.3) is 5.91 Å². The van der Waals surface area contributed by atoms with E-state index in [-0.39, 0.29) is 36.9 Å². The number of aliphatic hydroxyl groups excluding tert-OH is 1. The van der Waals surface area contributed by atoms with Gasteiger partial charge in [-0.1, -0.05) is 85.6 Å². The SMILES string of the molecule is Cc1ccc(S(=O)(=O)N(CC(C)C)C[C@@H](O)[C@H](Cc2ccccc2)NC(=O)[C@@H]2CN(c3ccccc3Cl)C(=O)O2)cc1. The molecule has 0 spiro atoms. The lowest BCUT2D eigenvalue weighted by Gasteiger charge is -2.31. The predicted octanol–water partition coefficient (Wildman–Crippen LogP) is 4.41. The lowest BCUT2D eigenvalue weighted by atomic mass is 10.0. The molecule has 2 amide bonds. The maximum atomic E-state index is 13.6. The van der Waals surface area contributed by atoms with Gasteiger partial charge in [-0.25, -0.2) is 13.2 Å². The summed E-state index contributed by atoms with van der Waals surface area (Å²) in [5.41, 5.74) is 2.18. The number of halogens is 1. The van der Waals surface area contributed by atoms with Gasteiger partial charge in [-0.3, -0.25) is 9.69 Å². The highest BCUT2D eigenvalue weighted by Gasteiger charge is 2.39. The summed E-state index contributed by atoms with van der Waals surface area (Å²) in [4.78, 5) is 27.4. The summed E-state index contributed by atoms with van der Waals surface area (Å²) in [6, 6.07) is 21.7. The van der Waals surface area contributed by atoms with Crippen molar-refractivity contribution in [3.8, 4) is 0 Å². The van der Waals surface area contributed by atoms with Crippen molar-refractivity contribution in [2.75, 3.05) is 24.5 Å². The van der Waals surface area contributed by atoms with E-state index in [0.717, 1.165) is 11.1 Å². The second kappa shape index (κ2) is 13.7. The molecule has 0 saturated carbocycles. The third-order valence-corrected chi connectivity index (χ3v) is 9.12. The minimum Gasteiger partial charge on any atom is -0.434 e. The Bertz CT molecular complexity index is 1480. The summed E-state index contributed by atoms with van der Waals surface area (Å²) in [6.45, 7) is 5.52. The molecule has 4 rings (SSSR count). The molecule has 1 heterocycles. The van der Waals surface area contributed by atoms with Gasteiger partial charge in [0.2, 0.25) is 10.0 Å². The number of ether oxygens (including phenoxy) is 1. The molecule has 0 unspecified atom stereocenters. The van der Waals surface area contributed by atoms with Crippen LogP contribution in [0.2, 0.25) is 5.02 Å². The molecule has 1 saturated heterocycles. The summed E-state index contributed by atoms with van der Waals surface area (Å²) in [7, 11) is -3.94. The molecule has 2 N–H and O–H groups in total. The standard InChI is InChI=1S/C31H36ClN3O6S/c1-21(2)18-34(42(39,40)24-15-13-22(3)14-16-24)19-28(36)26(17-23-9-5-4-6-10-23)33-30(37)29-20-35(31(38)41-29)27-12-8-7-11-25(27)32/h4-16,21,26,28-29,36H,17-20H2,1-3H3,(H,33,37)/t26-,28+,29-/m0/s1. The number of cyclic esters (lactones) is 1. The topological polar surface area (TPSA) is 116 Å². The number of hydrogen-bond acceptors (Lipinski definition) is 6. The highest BCUT2D eigenvalue weighted by atomic mass is 35.5. The van der Waals surface area contributed by atoms with Gasteiger partial charge in [-0.05, 0) is 49.1 Å². The first-order valence-electron chi connectivity index (χ1n) is 13.8. The molecular formula is C31H36ClN3O6S. The van der Waals surface area contributed by atoms with E-state index in [1.807, 2.05) is 51.1 Å². The van der Waals surface area contributed by atoms with Crippen LogP contribution in [0.1, 0.15) is 25.0 Å².